The third-order valence-electron chi connectivity index (χ3n) is 4.53. The lowest BCUT2D eigenvalue weighted by Gasteiger charge is -2.35. The number of aldehydes is 1. The minimum atomic E-state index is -0.331. The summed E-state index contributed by atoms with van der Waals surface area (Å²) in [5, 5.41) is 4.63. The number of piperazine rings is 1. The number of thiophene rings is 1. The molecule has 132 valence electrons. The lowest BCUT2D eigenvalue weighted by Crippen LogP contribution is -2.47. The van der Waals surface area contributed by atoms with E-state index in [2.05, 4.69) is 4.90 Å². The van der Waals surface area contributed by atoms with E-state index in [1.54, 1.807) is 28.5 Å². The van der Waals surface area contributed by atoms with Gasteiger partial charge in [-0.2, -0.15) is 0 Å². The Morgan fingerprint density at radius 2 is 1.77 bits per heavy atom. The first kappa shape index (κ1) is 16.8. The molecule has 1 aliphatic heterocycles. The maximum atomic E-state index is 12.2. The van der Waals surface area contributed by atoms with Crippen molar-refractivity contribution in [1.82, 2.24) is 5.06 Å². The number of nitrogens with zero attached hydrogens (tertiary/aromatic N) is 2. The highest BCUT2D eigenvalue weighted by molar-refractivity contribution is 7.17. The molecule has 1 aromatic heterocycles. The maximum absolute atomic E-state index is 12.2. The Labute approximate surface area is 155 Å². The van der Waals surface area contributed by atoms with Crippen LogP contribution >= 0.6 is 11.3 Å². The number of anilines is 1. The predicted molar refractivity (Wildman–Crippen MR) is 103 cm³/mol. The minimum Gasteiger partial charge on any atom is -0.368 e. The van der Waals surface area contributed by atoms with Gasteiger partial charge in [-0.15, -0.1) is 16.4 Å². The average molecular weight is 366 g/mol. The van der Waals surface area contributed by atoms with Gasteiger partial charge in [-0.05, 0) is 24.3 Å². The van der Waals surface area contributed by atoms with Crippen LogP contribution in [0.15, 0.2) is 53.9 Å². The summed E-state index contributed by atoms with van der Waals surface area (Å²) in [6.45, 7) is 2.70. The first-order valence-electron chi connectivity index (χ1n) is 8.49. The molecular formula is C20H18N2O3S. The second kappa shape index (κ2) is 7.27. The van der Waals surface area contributed by atoms with Crippen LogP contribution in [0.25, 0.3) is 10.1 Å². The SMILES string of the molecule is O=Cc1csc2cccc(N3CCN(OC(=O)c4ccccc4)CC3)c12. The molecule has 0 saturated carbocycles. The van der Waals surface area contributed by atoms with E-state index in [-0.39, 0.29) is 5.97 Å². The van der Waals surface area contributed by atoms with Crippen LogP contribution in [0.5, 0.6) is 0 Å². The van der Waals surface area contributed by atoms with Crippen LogP contribution in [0.4, 0.5) is 5.69 Å². The zero-order valence-corrected chi connectivity index (χ0v) is 14.9. The third kappa shape index (κ3) is 3.21. The molecule has 1 saturated heterocycles. The fraction of sp³-hybridized carbons (Fsp3) is 0.200. The molecule has 26 heavy (non-hydrogen) atoms. The topological polar surface area (TPSA) is 49.9 Å². The fourth-order valence-electron chi connectivity index (χ4n) is 3.21. The van der Waals surface area contributed by atoms with Gasteiger partial charge < -0.3 is 9.74 Å². The zero-order chi connectivity index (χ0) is 17.9. The standard InChI is InChI=1S/C20H18N2O3S/c23-13-16-14-26-18-8-4-7-17(19(16)18)21-9-11-22(12-10-21)25-20(24)15-5-2-1-3-6-15/h1-8,13-14H,9-12H2. The molecular weight excluding hydrogens is 348 g/mol. The van der Waals surface area contributed by atoms with Crippen molar-refractivity contribution in [3.05, 3.63) is 65.0 Å². The van der Waals surface area contributed by atoms with Gasteiger partial charge in [-0.3, -0.25) is 4.79 Å². The Kier molecular flexibility index (Phi) is 4.69. The predicted octanol–water partition coefficient (Wildman–Crippen LogP) is 3.61. The van der Waals surface area contributed by atoms with Crippen molar-refractivity contribution >= 4 is 39.4 Å². The van der Waals surface area contributed by atoms with Crippen LogP contribution in [0.2, 0.25) is 0 Å². The Morgan fingerprint density at radius 3 is 2.50 bits per heavy atom. The number of fused-ring (bicyclic) bond motifs is 1. The second-order valence-corrected chi connectivity index (χ2v) is 7.03. The number of rotatable bonds is 4. The van der Waals surface area contributed by atoms with Crippen molar-refractivity contribution in [2.45, 2.75) is 0 Å². The molecule has 2 heterocycles. The largest absolute Gasteiger partial charge is 0.368 e. The number of hydroxylamine groups is 2. The van der Waals surface area contributed by atoms with Gasteiger partial charge in [0.1, 0.15) is 0 Å². The Balaban J connectivity index is 1.45. The molecule has 6 heteroatoms. The molecule has 0 radical (unpaired) electrons. The second-order valence-electron chi connectivity index (χ2n) is 6.12. The van der Waals surface area contributed by atoms with E-state index in [0.29, 0.717) is 18.7 Å². The van der Waals surface area contributed by atoms with Crippen LogP contribution < -0.4 is 4.90 Å². The summed E-state index contributed by atoms with van der Waals surface area (Å²) in [5.41, 5.74) is 2.35. The molecule has 5 nitrogen and oxygen atoms in total. The molecule has 0 amide bonds. The van der Waals surface area contributed by atoms with Gasteiger partial charge in [0.25, 0.3) is 0 Å². The number of hydrogen-bond donors (Lipinski definition) is 0. The van der Waals surface area contributed by atoms with E-state index in [1.165, 1.54) is 0 Å². The summed E-state index contributed by atoms with van der Waals surface area (Å²) >= 11 is 1.59. The van der Waals surface area contributed by atoms with Crippen molar-refractivity contribution < 1.29 is 14.4 Å². The van der Waals surface area contributed by atoms with Crippen LogP contribution in [-0.2, 0) is 4.84 Å². The van der Waals surface area contributed by atoms with E-state index >= 15 is 0 Å². The van der Waals surface area contributed by atoms with E-state index in [1.807, 2.05) is 41.8 Å². The molecule has 0 unspecified atom stereocenters. The van der Waals surface area contributed by atoms with Gasteiger partial charge in [-0.25, -0.2) is 4.79 Å². The summed E-state index contributed by atoms with van der Waals surface area (Å²) in [4.78, 5) is 31.3. The average Bonchev–Trinajstić information content (AvgIpc) is 3.13. The fourth-order valence-corrected chi connectivity index (χ4v) is 4.13. The van der Waals surface area contributed by atoms with Crippen LogP contribution in [0.3, 0.4) is 0 Å². The van der Waals surface area contributed by atoms with Crippen molar-refractivity contribution in [1.29, 1.82) is 0 Å². The summed E-state index contributed by atoms with van der Waals surface area (Å²) in [5.74, 6) is -0.331. The minimum absolute atomic E-state index is 0.331. The number of hydrogen-bond acceptors (Lipinski definition) is 6. The van der Waals surface area contributed by atoms with Crippen molar-refractivity contribution in [3.8, 4) is 0 Å². The Morgan fingerprint density at radius 1 is 1.00 bits per heavy atom. The molecule has 0 N–H and O–H groups in total. The molecule has 1 fully saturated rings. The quantitative estimate of drug-likeness (QED) is 0.660. The molecule has 2 aromatic carbocycles. The number of benzene rings is 2. The summed E-state index contributed by atoms with van der Waals surface area (Å²) < 4.78 is 1.11. The Hall–Kier alpha value is -2.70. The van der Waals surface area contributed by atoms with Gasteiger partial charge in [0.05, 0.1) is 18.7 Å². The van der Waals surface area contributed by atoms with E-state index in [9.17, 15) is 9.59 Å². The van der Waals surface area contributed by atoms with E-state index in [4.69, 9.17) is 4.84 Å². The Bertz CT molecular complexity index is 931. The highest BCUT2D eigenvalue weighted by Crippen LogP contribution is 2.34. The third-order valence-corrected chi connectivity index (χ3v) is 5.50. The molecule has 0 aliphatic carbocycles. The molecule has 0 bridgehead atoms. The van der Waals surface area contributed by atoms with Crippen molar-refractivity contribution in [3.63, 3.8) is 0 Å². The highest BCUT2D eigenvalue weighted by Gasteiger charge is 2.23. The normalized spacial score (nSPS) is 15.2. The highest BCUT2D eigenvalue weighted by atomic mass is 32.1. The zero-order valence-electron chi connectivity index (χ0n) is 14.1. The summed E-state index contributed by atoms with van der Waals surface area (Å²) in [6.07, 6.45) is 0.917. The monoisotopic (exact) mass is 366 g/mol. The summed E-state index contributed by atoms with van der Waals surface area (Å²) in [7, 11) is 0. The smallest absolute Gasteiger partial charge is 0.357 e. The summed E-state index contributed by atoms with van der Waals surface area (Å²) in [6, 6.07) is 15.1. The number of carbonyl (C=O) groups is 2. The van der Waals surface area contributed by atoms with Crippen molar-refractivity contribution in [2.75, 3.05) is 31.1 Å². The van der Waals surface area contributed by atoms with Gasteiger partial charge in [-0.1, -0.05) is 24.3 Å². The lowest BCUT2D eigenvalue weighted by molar-refractivity contribution is -0.112. The van der Waals surface area contributed by atoms with Crippen molar-refractivity contribution in [2.24, 2.45) is 0 Å². The number of carbonyl (C=O) groups excluding carboxylic acids is 2. The van der Waals surface area contributed by atoms with Gasteiger partial charge in [0, 0.05) is 39.8 Å². The van der Waals surface area contributed by atoms with Gasteiger partial charge >= 0.3 is 5.97 Å². The molecule has 3 aromatic rings. The maximum Gasteiger partial charge on any atom is 0.357 e. The molecule has 1 aliphatic rings. The molecule has 4 rings (SSSR count). The van der Waals surface area contributed by atoms with Gasteiger partial charge in [0.15, 0.2) is 6.29 Å². The van der Waals surface area contributed by atoms with E-state index < -0.39 is 0 Å². The van der Waals surface area contributed by atoms with E-state index in [0.717, 1.165) is 40.7 Å². The van der Waals surface area contributed by atoms with Crippen LogP contribution in [0.1, 0.15) is 20.7 Å². The first-order valence-corrected chi connectivity index (χ1v) is 9.37. The van der Waals surface area contributed by atoms with Crippen LogP contribution in [-0.4, -0.2) is 43.5 Å². The molecule has 0 spiro atoms. The first-order chi connectivity index (χ1) is 12.8. The van der Waals surface area contributed by atoms with Gasteiger partial charge in [0.2, 0.25) is 0 Å². The molecule has 0 atom stereocenters. The van der Waals surface area contributed by atoms with Crippen LogP contribution in [0, 0.1) is 0 Å². The lowest BCUT2D eigenvalue weighted by atomic mass is 10.1.